The van der Waals surface area contributed by atoms with Crippen LogP contribution in [0.15, 0.2) is 134 Å². The number of hydrogen-bond donors (Lipinski definition) is 6. The van der Waals surface area contributed by atoms with E-state index < -0.39 is 49.5 Å². The fourth-order valence-corrected chi connectivity index (χ4v) is 5.86. The molecule has 0 saturated carbocycles. The van der Waals surface area contributed by atoms with Gasteiger partial charge in [-0.05, 0) is 89.9 Å². The first-order valence-electron chi connectivity index (χ1n) is 22.4. The standard InChI is InChI=1S/C51H79NO8/c1-3-5-7-9-11-13-14-15-16-17-18-19-20-21-22-23-24-25-26-27-28-29-30-31-32-33-35-37-39-41-47(55)52-44(45(54)40-38-36-34-12-10-8-6-4-2)43-59-51-50(58)49(57)48(56)46(42-53)60-51/h5,7,10-13,15-16,18-19,21-22,24-25,27-28,30-31,33,35,38,40,44-46,48-51,53-54,56-58H,3-4,6,8-9,14,17,20,23,26,29,32,34,36-37,39,41-43H2,1-2H3,(H,52,55)/b7-5-,12-10+,13-11-,16-15-,19-18-,22-21-,25-24-,28-27-,31-30-,35-33-,40-38+. The number of carbonyl (C=O) groups excluding carboxylic acids is 1. The molecule has 0 radical (unpaired) electrons. The summed E-state index contributed by atoms with van der Waals surface area (Å²) in [4.78, 5) is 12.9. The van der Waals surface area contributed by atoms with Gasteiger partial charge in [-0.15, -0.1) is 0 Å². The van der Waals surface area contributed by atoms with Crippen LogP contribution in [0, 0.1) is 0 Å². The number of amides is 1. The molecule has 1 rings (SSSR count). The van der Waals surface area contributed by atoms with Gasteiger partial charge >= 0.3 is 0 Å². The molecule has 9 heteroatoms. The van der Waals surface area contributed by atoms with Gasteiger partial charge in [0.05, 0.1) is 25.4 Å². The van der Waals surface area contributed by atoms with E-state index >= 15 is 0 Å². The predicted octanol–water partition coefficient (Wildman–Crippen LogP) is 9.44. The van der Waals surface area contributed by atoms with E-state index in [1.54, 1.807) is 6.08 Å². The van der Waals surface area contributed by atoms with Crippen molar-refractivity contribution >= 4 is 5.91 Å². The number of ether oxygens (including phenoxy) is 2. The molecular weight excluding hydrogens is 755 g/mol. The van der Waals surface area contributed by atoms with E-state index in [0.29, 0.717) is 6.42 Å². The van der Waals surface area contributed by atoms with Gasteiger partial charge in [0.15, 0.2) is 6.29 Å². The maximum Gasteiger partial charge on any atom is 0.220 e. The van der Waals surface area contributed by atoms with Crippen molar-refractivity contribution < 1.29 is 39.8 Å². The Morgan fingerprint density at radius 3 is 1.50 bits per heavy atom. The lowest BCUT2D eigenvalue weighted by Crippen LogP contribution is -2.60. The molecule has 1 aliphatic heterocycles. The fourth-order valence-electron chi connectivity index (χ4n) is 5.86. The molecule has 1 fully saturated rings. The highest BCUT2D eigenvalue weighted by atomic mass is 16.7. The Hall–Kier alpha value is -3.67. The molecule has 0 aromatic heterocycles. The van der Waals surface area contributed by atoms with Crippen molar-refractivity contribution in [2.75, 3.05) is 13.2 Å². The Morgan fingerprint density at radius 1 is 0.583 bits per heavy atom. The zero-order valence-corrected chi connectivity index (χ0v) is 36.6. The van der Waals surface area contributed by atoms with Gasteiger partial charge in [-0.1, -0.05) is 160 Å². The molecule has 0 aliphatic carbocycles. The number of allylic oxidation sites excluding steroid dienone is 21. The van der Waals surface area contributed by atoms with Crippen molar-refractivity contribution in [3.05, 3.63) is 134 Å². The number of aliphatic hydroxyl groups is 5. The molecule has 1 aliphatic rings. The Balaban J connectivity index is 2.32. The Bertz CT molecular complexity index is 1380. The summed E-state index contributed by atoms with van der Waals surface area (Å²) in [5, 5.41) is 53.8. The van der Waals surface area contributed by atoms with E-state index in [1.807, 2.05) is 6.08 Å². The molecule has 1 amide bonds. The van der Waals surface area contributed by atoms with Gasteiger partial charge in [-0.3, -0.25) is 4.79 Å². The van der Waals surface area contributed by atoms with E-state index in [-0.39, 0.29) is 18.9 Å². The monoisotopic (exact) mass is 834 g/mol. The number of carbonyl (C=O) groups is 1. The number of nitrogens with one attached hydrogen (secondary N) is 1. The first-order valence-corrected chi connectivity index (χ1v) is 22.4. The van der Waals surface area contributed by atoms with Crippen molar-refractivity contribution in [2.45, 2.75) is 166 Å². The fraction of sp³-hybridized carbons (Fsp3) is 0.549. The van der Waals surface area contributed by atoms with Crippen LogP contribution in [0.4, 0.5) is 0 Å². The lowest BCUT2D eigenvalue weighted by atomic mass is 9.99. The van der Waals surface area contributed by atoms with Gasteiger partial charge in [0.2, 0.25) is 5.91 Å². The highest BCUT2D eigenvalue weighted by Crippen LogP contribution is 2.22. The van der Waals surface area contributed by atoms with Gasteiger partial charge in [-0.25, -0.2) is 0 Å². The zero-order valence-electron chi connectivity index (χ0n) is 36.6. The third kappa shape index (κ3) is 29.5. The van der Waals surface area contributed by atoms with Crippen LogP contribution >= 0.6 is 0 Å². The van der Waals surface area contributed by atoms with Crippen molar-refractivity contribution in [1.82, 2.24) is 5.32 Å². The van der Waals surface area contributed by atoms with E-state index in [9.17, 15) is 30.3 Å². The average molecular weight is 834 g/mol. The summed E-state index contributed by atoms with van der Waals surface area (Å²) < 4.78 is 11.1. The minimum Gasteiger partial charge on any atom is -0.394 e. The molecular formula is C51H79NO8. The summed E-state index contributed by atoms with van der Waals surface area (Å²) in [6.45, 7) is 3.49. The van der Waals surface area contributed by atoms with Gasteiger partial charge < -0.3 is 40.3 Å². The molecule has 7 atom stereocenters. The van der Waals surface area contributed by atoms with Crippen LogP contribution in [0.1, 0.15) is 123 Å². The molecule has 7 unspecified atom stereocenters. The summed E-state index contributed by atoms with van der Waals surface area (Å²) >= 11 is 0. The minimum atomic E-state index is -1.59. The van der Waals surface area contributed by atoms with Crippen LogP contribution in [0.5, 0.6) is 0 Å². The number of hydrogen-bond acceptors (Lipinski definition) is 8. The van der Waals surface area contributed by atoms with Crippen molar-refractivity contribution in [2.24, 2.45) is 0 Å². The molecule has 9 nitrogen and oxygen atoms in total. The average Bonchev–Trinajstić information content (AvgIpc) is 3.25. The normalized spacial score (nSPS) is 21.9. The first-order chi connectivity index (χ1) is 29.3. The van der Waals surface area contributed by atoms with Crippen molar-refractivity contribution in [3.8, 4) is 0 Å². The smallest absolute Gasteiger partial charge is 0.220 e. The molecule has 1 saturated heterocycles. The van der Waals surface area contributed by atoms with E-state index in [1.165, 1.54) is 0 Å². The molecule has 336 valence electrons. The van der Waals surface area contributed by atoms with Crippen molar-refractivity contribution in [3.63, 3.8) is 0 Å². The minimum absolute atomic E-state index is 0.235. The SMILES string of the molecule is CC/C=C\C/C=C\C/C=C\C/C=C\C/C=C\C/C=C\C/C=C\C/C=C\C/C=C\CCCC(=O)NC(COC1OC(CO)C(O)C(O)C1O)C(O)/C=C/CC/C=C/CCCC. The topological polar surface area (TPSA) is 149 Å². The Labute approximate surface area is 362 Å². The second-order valence-corrected chi connectivity index (χ2v) is 14.7. The third-order valence-corrected chi connectivity index (χ3v) is 9.46. The molecule has 6 N–H and O–H groups in total. The zero-order chi connectivity index (χ0) is 43.7. The lowest BCUT2D eigenvalue weighted by molar-refractivity contribution is -0.302. The van der Waals surface area contributed by atoms with Crippen molar-refractivity contribution in [1.29, 1.82) is 0 Å². The van der Waals surface area contributed by atoms with Crippen LogP contribution in [0.3, 0.4) is 0 Å². The maximum absolute atomic E-state index is 12.9. The highest BCUT2D eigenvalue weighted by molar-refractivity contribution is 5.76. The molecule has 0 aromatic rings. The Kier molecular flexibility index (Phi) is 35.7. The van der Waals surface area contributed by atoms with E-state index in [4.69, 9.17) is 9.47 Å². The van der Waals surface area contributed by atoms with Gasteiger partial charge in [-0.2, -0.15) is 0 Å². The summed E-state index contributed by atoms with van der Waals surface area (Å²) in [6.07, 6.45) is 53.8. The van der Waals surface area contributed by atoms with Gasteiger partial charge in [0.25, 0.3) is 0 Å². The molecule has 0 aromatic carbocycles. The van der Waals surface area contributed by atoms with Crippen LogP contribution in [0.2, 0.25) is 0 Å². The quantitative estimate of drug-likeness (QED) is 0.0278. The largest absolute Gasteiger partial charge is 0.394 e. The number of aliphatic hydroxyl groups excluding tert-OH is 5. The van der Waals surface area contributed by atoms with E-state index in [2.05, 4.69) is 141 Å². The van der Waals surface area contributed by atoms with Crippen LogP contribution < -0.4 is 5.32 Å². The van der Waals surface area contributed by atoms with E-state index in [0.717, 1.165) is 96.3 Å². The molecule has 1 heterocycles. The van der Waals surface area contributed by atoms with Gasteiger partial charge in [0, 0.05) is 6.42 Å². The molecule has 0 bridgehead atoms. The maximum atomic E-state index is 12.9. The summed E-state index contributed by atoms with van der Waals surface area (Å²) in [7, 11) is 0. The summed E-state index contributed by atoms with van der Waals surface area (Å²) in [5.41, 5.74) is 0. The van der Waals surface area contributed by atoms with Crippen LogP contribution in [-0.4, -0.2) is 87.5 Å². The molecule has 0 spiro atoms. The third-order valence-electron chi connectivity index (χ3n) is 9.46. The second kappa shape index (κ2) is 39.5. The summed E-state index contributed by atoms with van der Waals surface area (Å²) in [6, 6.07) is -0.860. The number of unbranched alkanes of at least 4 members (excludes halogenated alkanes) is 4. The molecule has 60 heavy (non-hydrogen) atoms. The van der Waals surface area contributed by atoms with Crippen LogP contribution in [0.25, 0.3) is 0 Å². The van der Waals surface area contributed by atoms with Crippen LogP contribution in [-0.2, 0) is 14.3 Å². The highest BCUT2D eigenvalue weighted by Gasteiger charge is 2.44. The Morgan fingerprint density at radius 2 is 1.02 bits per heavy atom. The first kappa shape index (κ1) is 54.3. The summed E-state index contributed by atoms with van der Waals surface area (Å²) in [5.74, 6) is -0.257. The number of rotatable bonds is 34. The second-order valence-electron chi connectivity index (χ2n) is 14.7. The van der Waals surface area contributed by atoms with Gasteiger partial charge in [0.1, 0.15) is 24.4 Å². The predicted molar refractivity (Wildman–Crippen MR) is 248 cm³/mol. The lowest BCUT2D eigenvalue weighted by Gasteiger charge is -2.40.